The van der Waals surface area contributed by atoms with Crippen LogP contribution in [0.4, 0.5) is 4.39 Å². The van der Waals surface area contributed by atoms with Gasteiger partial charge in [-0.1, -0.05) is 0 Å². The van der Waals surface area contributed by atoms with Gasteiger partial charge in [0.1, 0.15) is 11.6 Å². The first kappa shape index (κ1) is 13.1. The Morgan fingerprint density at radius 2 is 2.22 bits per heavy atom. The molecular weight excluding hydrogens is 257 g/mol. The zero-order valence-corrected chi connectivity index (χ0v) is 10.8. The van der Waals surface area contributed by atoms with Crippen LogP contribution in [0.25, 0.3) is 0 Å². The van der Waals surface area contributed by atoms with Gasteiger partial charge >= 0.3 is 0 Å². The first-order valence-corrected chi connectivity index (χ1v) is 6.29. The molecule has 0 spiro atoms. The third-order valence-electron chi connectivity index (χ3n) is 3.24. The van der Waals surface area contributed by atoms with Crippen molar-refractivity contribution in [3.05, 3.63) is 29.6 Å². The minimum atomic E-state index is -0.698. The Morgan fingerprint density at radius 3 is 2.78 bits per heavy atom. The lowest BCUT2D eigenvalue weighted by atomic mass is 9.84. The molecule has 1 amide bonds. The smallest absolute Gasteiger partial charge is 0.256 e. The van der Waals surface area contributed by atoms with Gasteiger partial charge in [-0.15, -0.1) is 11.6 Å². The van der Waals surface area contributed by atoms with Gasteiger partial charge in [0.15, 0.2) is 0 Å². The number of hydrogen-bond acceptors (Lipinski definition) is 2. The molecule has 0 saturated heterocycles. The number of benzene rings is 1. The van der Waals surface area contributed by atoms with Crippen LogP contribution in [0.1, 0.15) is 23.2 Å². The Kier molecular flexibility index (Phi) is 3.76. The molecule has 1 aromatic rings. The molecule has 1 N–H and O–H groups in total. The van der Waals surface area contributed by atoms with E-state index in [4.69, 9.17) is 16.7 Å². The van der Waals surface area contributed by atoms with Crippen LogP contribution in [0.2, 0.25) is 0 Å². The van der Waals surface area contributed by atoms with Gasteiger partial charge in [0.25, 0.3) is 5.91 Å². The number of phenolic OH excluding ortho intramolecular Hbond substituents is 1. The summed E-state index contributed by atoms with van der Waals surface area (Å²) in [6, 6.07) is 3.55. The first-order chi connectivity index (χ1) is 8.47. The van der Waals surface area contributed by atoms with Crippen molar-refractivity contribution in [1.29, 1.82) is 0 Å². The van der Waals surface area contributed by atoms with E-state index in [0.717, 1.165) is 18.9 Å². The number of phenols is 1. The molecule has 1 fully saturated rings. The molecule has 0 bridgehead atoms. The van der Waals surface area contributed by atoms with Gasteiger partial charge in [0.05, 0.1) is 5.56 Å². The molecule has 5 heteroatoms. The van der Waals surface area contributed by atoms with Crippen molar-refractivity contribution in [2.45, 2.75) is 18.2 Å². The predicted octanol–water partition coefficient (Wildman–Crippen LogP) is 2.62. The van der Waals surface area contributed by atoms with E-state index >= 15 is 0 Å². The second kappa shape index (κ2) is 5.14. The van der Waals surface area contributed by atoms with Crippen molar-refractivity contribution in [1.82, 2.24) is 4.90 Å². The summed E-state index contributed by atoms with van der Waals surface area (Å²) in [5, 5.41) is 9.31. The van der Waals surface area contributed by atoms with E-state index in [-0.39, 0.29) is 22.6 Å². The van der Waals surface area contributed by atoms with Crippen molar-refractivity contribution < 1.29 is 14.3 Å². The maximum absolute atomic E-state index is 13.5. The number of aromatic hydroxyl groups is 1. The summed E-state index contributed by atoms with van der Waals surface area (Å²) in [5.74, 6) is -0.849. The largest absolute Gasteiger partial charge is 0.508 e. The molecule has 0 aliphatic heterocycles. The van der Waals surface area contributed by atoms with Crippen LogP contribution in [0, 0.1) is 11.7 Å². The Balaban J connectivity index is 2.01. The molecule has 0 radical (unpaired) electrons. The molecule has 1 aromatic carbocycles. The van der Waals surface area contributed by atoms with E-state index in [1.807, 2.05) is 0 Å². The van der Waals surface area contributed by atoms with Crippen molar-refractivity contribution in [3.63, 3.8) is 0 Å². The first-order valence-electron chi connectivity index (χ1n) is 5.85. The van der Waals surface area contributed by atoms with Crippen molar-refractivity contribution >= 4 is 17.5 Å². The summed E-state index contributed by atoms with van der Waals surface area (Å²) in [4.78, 5) is 13.5. The second-order valence-corrected chi connectivity index (χ2v) is 5.40. The minimum Gasteiger partial charge on any atom is -0.508 e. The second-order valence-electron chi connectivity index (χ2n) is 4.78. The predicted molar refractivity (Wildman–Crippen MR) is 67.4 cm³/mol. The topological polar surface area (TPSA) is 40.5 Å². The van der Waals surface area contributed by atoms with Crippen LogP contribution in [0.3, 0.4) is 0 Å². The van der Waals surface area contributed by atoms with Gasteiger partial charge in [-0.05, 0) is 30.9 Å². The lowest BCUT2D eigenvalue weighted by molar-refractivity contribution is 0.0742. The standard InChI is InChI=1S/C13H15ClFNO2/c1-16(7-8-4-9(14)5-8)13(18)11-3-2-10(17)6-12(11)15/h2-3,6,8-9,17H,4-5,7H2,1H3. The van der Waals surface area contributed by atoms with E-state index < -0.39 is 5.82 Å². The molecule has 2 rings (SSSR count). The molecular formula is C13H15ClFNO2. The number of rotatable bonds is 3. The van der Waals surface area contributed by atoms with Crippen LogP contribution in [-0.2, 0) is 0 Å². The summed E-state index contributed by atoms with van der Waals surface area (Å²) in [6.07, 6.45) is 1.80. The van der Waals surface area contributed by atoms with Crippen LogP contribution in [0.5, 0.6) is 5.75 Å². The summed E-state index contributed by atoms with van der Waals surface area (Å²) in [7, 11) is 1.65. The van der Waals surface area contributed by atoms with E-state index in [1.54, 1.807) is 7.05 Å². The van der Waals surface area contributed by atoms with Crippen molar-refractivity contribution in [2.75, 3.05) is 13.6 Å². The molecule has 1 aliphatic carbocycles. The highest BCUT2D eigenvalue weighted by atomic mass is 35.5. The van der Waals surface area contributed by atoms with Crippen LogP contribution in [-0.4, -0.2) is 34.9 Å². The van der Waals surface area contributed by atoms with Gasteiger partial charge in [-0.25, -0.2) is 4.39 Å². The normalized spacial score (nSPS) is 22.4. The lowest BCUT2D eigenvalue weighted by Crippen LogP contribution is -2.38. The van der Waals surface area contributed by atoms with E-state index in [0.29, 0.717) is 12.5 Å². The van der Waals surface area contributed by atoms with Gasteiger partial charge in [-0.2, -0.15) is 0 Å². The fraction of sp³-hybridized carbons (Fsp3) is 0.462. The molecule has 0 aromatic heterocycles. The number of amides is 1. The highest BCUT2D eigenvalue weighted by Gasteiger charge is 2.29. The zero-order valence-electron chi connectivity index (χ0n) is 10.1. The third kappa shape index (κ3) is 2.75. The van der Waals surface area contributed by atoms with Crippen LogP contribution >= 0.6 is 11.6 Å². The number of hydrogen-bond donors (Lipinski definition) is 1. The highest BCUT2D eigenvalue weighted by Crippen LogP contribution is 2.32. The molecule has 18 heavy (non-hydrogen) atoms. The minimum absolute atomic E-state index is 0.0166. The maximum atomic E-state index is 13.5. The zero-order chi connectivity index (χ0) is 13.3. The number of alkyl halides is 1. The summed E-state index contributed by atoms with van der Waals surface area (Å²) < 4.78 is 13.5. The molecule has 0 atom stereocenters. The number of carbonyl (C=O) groups is 1. The van der Waals surface area contributed by atoms with Crippen LogP contribution < -0.4 is 0 Å². The van der Waals surface area contributed by atoms with Crippen molar-refractivity contribution in [2.24, 2.45) is 5.92 Å². The average Bonchev–Trinajstić information content (AvgIpc) is 2.26. The molecule has 0 heterocycles. The van der Waals surface area contributed by atoms with Crippen molar-refractivity contribution in [3.8, 4) is 5.75 Å². The van der Waals surface area contributed by atoms with E-state index in [9.17, 15) is 9.18 Å². The molecule has 1 saturated carbocycles. The monoisotopic (exact) mass is 271 g/mol. The van der Waals surface area contributed by atoms with Gasteiger partial charge in [0.2, 0.25) is 0 Å². The number of carbonyl (C=O) groups excluding carboxylic acids is 1. The summed E-state index contributed by atoms with van der Waals surface area (Å²) in [6.45, 7) is 0.586. The third-order valence-corrected chi connectivity index (χ3v) is 3.60. The number of nitrogens with zero attached hydrogens (tertiary/aromatic N) is 1. The molecule has 0 unspecified atom stereocenters. The average molecular weight is 272 g/mol. The fourth-order valence-corrected chi connectivity index (χ4v) is 2.66. The van der Waals surface area contributed by atoms with Gasteiger partial charge in [0, 0.05) is 25.0 Å². The van der Waals surface area contributed by atoms with Crippen LogP contribution in [0.15, 0.2) is 18.2 Å². The Bertz CT molecular complexity index is 460. The summed E-state index contributed by atoms with van der Waals surface area (Å²) in [5.41, 5.74) is -0.0166. The fourth-order valence-electron chi connectivity index (χ4n) is 2.16. The SMILES string of the molecule is CN(CC1CC(Cl)C1)C(=O)c1ccc(O)cc1F. The Morgan fingerprint density at radius 1 is 1.56 bits per heavy atom. The summed E-state index contributed by atoms with van der Waals surface area (Å²) >= 11 is 5.88. The quantitative estimate of drug-likeness (QED) is 0.859. The van der Waals surface area contributed by atoms with E-state index in [2.05, 4.69) is 0 Å². The lowest BCUT2D eigenvalue weighted by Gasteiger charge is -2.34. The molecule has 1 aliphatic rings. The Labute approximate surface area is 110 Å². The van der Waals surface area contributed by atoms with Gasteiger partial charge < -0.3 is 10.0 Å². The van der Waals surface area contributed by atoms with E-state index in [1.165, 1.54) is 17.0 Å². The number of halogens is 2. The maximum Gasteiger partial charge on any atom is 0.256 e. The molecule has 98 valence electrons. The Hall–Kier alpha value is -1.29. The van der Waals surface area contributed by atoms with Gasteiger partial charge in [-0.3, -0.25) is 4.79 Å². The highest BCUT2D eigenvalue weighted by molar-refractivity contribution is 6.21. The molecule has 3 nitrogen and oxygen atoms in total.